The first kappa shape index (κ1) is 14.7. The molecule has 3 aromatic carbocycles. The van der Waals surface area contributed by atoms with Gasteiger partial charge in [0.1, 0.15) is 0 Å². The maximum Gasteiger partial charge on any atom is 0.0256 e. The van der Waals surface area contributed by atoms with E-state index >= 15 is 0 Å². The van der Waals surface area contributed by atoms with Crippen LogP contribution in [0.4, 0.5) is 0 Å². The van der Waals surface area contributed by atoms with Gasteiger partial charge in [-0.15, -0.1) is 0 Å². The number of fused-ring (bicyclic) bond motifs is 3. The van der Waals surface area contributed by atoms with E-state index in [0.717, 1.165) is 4.47 Å². The fourth-order valence-corrected chi connectivity index (χ4v) is 4.52. The first-order valence-electron chi connectivity index (χ1n) is 8.00. The minimum atomic E-state index is 0.0547. The highest BCUT2D eigenvalue weighted by Gasteiger charge is 2.36. The van der Waals surface area contributed by atoms with E-state index in [-0.39, 0.29) is 5.41 Å². The lowest BCUT2D eigenvalue weighted by atomic mass is 9.82. The zero-order valence-electron chi connectivity index (χ0n) is 13.7. The molecule has 0 aliphatic heterocycles. The van der Waals surface area contributed by atoms with Crippen molar-refractivity contribution < 1.29 is 0 Å². The molecule has 0 spiro atoms. The monoisotopic (exact) mass is 362 g/mol. The molecular weight excluding hydrogens is 344 g/mol. The van der Waals surface area contributed by atoms with Crippen molar-refractivity contribution in [1.82, 2.24) is 0 Å². The Morgan fingerprint density at radius 2 is 1.43 bits per heavy atom. The van der Waals surface area contributed by atoms with Gasteiger partial charge in [0.15, 0.2) is 0 Å². The number of benzene rings is 3. The molecule has 1 heteroatoms. The largest absolute Gasteiger partial charge is 0.0619 e. The molecule has 1 aliphatic carbocycles. The zero-order chi connectivity index (χ0) is 16.2. The summed E-state index contributed by atoms with van der Waals surface area (Å²) in [5.74, 6) is 0. The van der Waals surface area contributed by atoms with Gasteiger partial charge in [0, 0.05) is 9.89 Å². The van der Waals surface area contributed by atoms with Crippen LogP contribution in [0.2, 0.25) is 0 Å². The number of aryl methyl sites for hydroxylation is 1. The summed E-state index contributed by atoms with van der Waals surface area (Å²) in [5, 5.41) is 0. The van der Waals surface area contributed by atoms with E-state index in [0.29, 0.717) is 0 Å². The van der Waals surface area contributed by atoms with Gasteiger partial charge in [0.25, 0.3) is 0 Å². The quantitative estimate of drug-likeness (QED) is 0.450. The molecule has 0 saturated carbocycles. The molecule has 0 aromatic heterocycles. The van der Waals surface area contributed by atoms with Gasteiger partial charge >= 0.3 is 0 Å². The molecular formula is C22H19Br. The molecule has 0 bridgehead atoms. The highest BCUT2D eigenvalue weighted by Crippen LogP contribution is 2.52. The van der Waals surface area contributed by atoms with Gasteiger partial charge < -0.3 is 0 Å². The lowest BCUT2D eigenvalue weighted by Gasteiger charge is -2.21. The summed E-state index contributed by atoms with van der Waals surface area (Å²) in [5.41, 5.74) is 9.50. The molecule has 4 rings (SSSR count). The normalized spacial score (nSPS) is 14.4. The molecule has 3 aromatic rings. The minimum Gasteiger partial charge on any atom is -0.0619 e. The van der Waals surface area contributed by atoms with Crippen LogP contribution >= 0.6 is 15.9 Å². The third-order valence-corrected chi connectivity index (χ3v) is 5.68. The number of halogens is 1. The van der Waals surface area contributed by atoms with Crippen molar-refractivity contribution in [3.05, 3.63) is 81.8 Å². The van der Waals surface area contributed by atoms with E-state index < -0.39 is 0 Å². The Bertz CT molecular complexity index is 919. The van der Waals surface area contributed by atoms with E-state index in [1.54, 1.807) is 0 Å². The summed E-state index contributed by atoms with van der Waals surface area (Å²) < 4.78 is 1.16. The van der Waals surface area contributed by atoms with Crippen molar-refractivity contribution in [3.63, 3.8) is 0 Å². The van der Waals surface area contributed by atoms with Crippen LogP contribution in [0.25, 0.3) is 22.3 Å². The Morgan fingerprint density at radius 1 is 0.739 bits per heavy atom. The van der Waals surface area contributed by atoms with E-state index in [2.05, 4.69) is 97.4 Å². The van der Waals surface area contributed by atoms with Crippen molar-refractivity contribution in [2.24, 2.45) is 0 Å². The maximum atomic E-state index is 3.76. The van der Waals surface area contributed by atoms with Crippen LogP contribution in [-0.2, 0) is 5.41 Å². The van der Waals surface area contributed by atoms with Crippen LogP contribution in [0.3, 0.4) is 0 Å². The standard InChI is InChI=1S/C22H19Br/c1-14-11-12-15(20(23)13-14)16-8-6-10-19-21(16)17-7-4-5-9-18(17)22(19,2)3/h4-13H,1-3H3. The molecule has 0 saturated heterocycles. The predicted molar refractivity (Wildman–Crippen MR) is 102 cm³/mol. The molecule has 114 valence electrons. The van der Waals surface area contributed by atoms with E-state index in [1.807, 2.05) is 0 Å². The first-order valence-corrected chi connectivity index (χ1v) is 8.79. The summed E-state index contributed by atoms with van der Waals surface area (Å²) in [6.45, 7) is 6.78. The minimum absolute atomic E-state index is 0.0547. The highest BCUT2D eigenvalue weighted by molar-refractivity contribution is 9.10. The molecule has 1 aliphatic rings. The topological polar surface area (TPSA) is 0 Å². The van der Waals surface area contributed by atoms with E-state index in [1.165, 1.54) is 38.9 Å². The molecule has 23 heavy (non-hydrogen) atoms. The van der Waals surface area contributed by atoms with Crippen molar-refractivity contribution in [3.8, 4) is 22.3 Å². The zero-order valence-corrected chi connectivity index (χ0v) is 15.2. The summed E-state index contributed by atoms with van der Waals surface area (Å²) in [7, 11) is 0. The number of hydrogen-bond acceptors (Lipinski definition) is 0. The van der Waals surface area contributed by atoms with Crippen LogP contribution in [0, 0.1) is 6.92 Å². The average Bonchev–Trinajstić information content (AvgIpc) is 2.77. The number of rotatable bonds is 1. The summed E-state index contributed by atoms with van der Waals surface area (Å²) in [6, 6.07) is 22.1. The lowest BCUT2D eigenvalue weighted by Crippen LogP contribution is -2.14. The Kier molecular flexibility index (Phi) is 3.24. The molecule has 0 unspecified atom stereocenters. The summed E-state index contributed by atoms with van der Waals surface area (Å²) in [4.78, 5) is 0. The van der Waals surface area contributed by atoms with Crippen molar-refractivity contribution >= 4 is 15.9 Å². The van der Waals surface area contributed by atoms with E-state index in [9.17, 15) is 0 Å². The second kappa shape index (κ2) is 5.07. The Balaban J connectivity index is 2.07. The fraction of sp³-hybridized carbons (Fsp3) is 0.182. The van der Waals surface area contributed by atoms with Crippen LogP contribution in [-0.4, -0.2) is 0 Å². The first-order chi connectivity index (χ1) is 11.0. The molecule has 0 radical (unpaired) electrons. The summed E-state index contributed by atoms with van der Waals surface area (Å²) >= 11 is 3.76. The maximum absolute atomic E-state index is 3.76. The van der Waals surface area contributed by atoms with Gasteiger partial charge in [0.05, 0.1) is 0 Å². The van der Waals surface area contributed by atoms with Crippen molar-refractivity contribution in [2.75, 3.05) is 0 Å². The second-order valence-electron chi connectivity index (χ2n) is 6.88. The predicted octanol–water partition coefficient (Wildman–Crippen LogP) is 6.73. The Morgan fingerprint density at radius 3 is 2.22 bits per heavy atom. The average molecular weight is 363 g/mol. The lowest BCUT2D eigenvalue weighted by molar-refractivity contribution is 0.660. The van der Waals surface area contributed by atoms with Crippen LogP contribution < -0.4 is 0 Å². The summed E-state index contributed by atoms with van der Waals surface area (Å²) in [6.07, 6.45) is 0. The fourth-order valence-electron chi connectivity index (χ4n) is 3.82. The second-order valence-corrected chi connectivity index (χ2v) is 7.74. The van der Waals surface area contributed by atoms with Crippen LogP contribution in [0.5, 0.6) is 0 Å². The third kappa shape index (κ3) is 2.10. The van der Waals surface area contributed by atoms with Gasteiger partial charge in [-0.2, -0.15) is 0 Å². The van der Waals surface area contributed by atoms with Crippen LogP contribution in [0.15, 0.2) is 65.1 Å². The molecule has 0 atom stereocenters. The Hall–Kier alpha value is -1.86. The van der Waals surface area contributed by atoms with Gasteiger partial charge in [0.2, 0.25) is 0 Å². The van der Waals surface area contributed by atoms with Crippen LogP contribution in [0.1, 0.15) is 30.5 Å². The smallest absolute Gasteiger partial charge is 0.0256 e. The van der Waals surface area contributed by atoms with Crippen molar-refractivity contribution in [1.29, 1.82) is 0 Å². The van der Waals surface area contributed by atoms with Gasteiger partial charge in [-0.3, -0.25) is 0 Å². The molecule has 0 N–H and O–H groups in total. The molecule has 0 amide bonds. The molecule has 0 nitrogen and oxygen atoms in total. The van der Waals surface area contributed by atoms with Gasteiger partial charge in [-0.25, -0.2) is 0 Å². The SMILES string of the molecule is Cc1ccc(-c2cccc3c2-c2ccccc2C3(C)C)c(Br)c1. The van der Waals surface area contributed by atoms with Gasteiger partial charge in [-0.1, -0.05) is 84.4 Å². The molecule has 0 fully saturated rings. The van der Waals surface area contributed by atoms with Crippen molar-refractivity contribution in [2.45, 2.75) is 26.2 Å². The molecule has 0 heterocycles. The third-order valence-electron chi connectivity index (χ3n) is 5.02. The Labute approximate surface area is 146 Å². The van der Waals surface area contributed by atoms with E-state index in [4.69, 9.17) is 0 Å². The van der Waals surface area contributed by atoms with Gasteiger partial charge in [-0.05, 0) is 51.9 Å². The number of hydrogen-bond donors (Lipinski definition) is 0. The highest BCUT2D eigenvalue weighted by atomic mass is 79.9.